The Morgan fingerprint density at radius 1 is 1.26 bits per heavy atom. The largest absolute Gasteiger partial charge is 0.468 e. The number of aromatic nitrogens is 1. The van der Waals surface area contributed by atoms with E-state index in [4.69, 9.17) is 0 Å². The number of rotatable bonds is 6. The van der Waals surface area contributed by atoms with E-state index in [9.17, 15) is 14.9 Å². The van der Waals surface area contributed by atoms with E-state index in [0.717, 1.165) is 11.1 Å². The van der Waals surface area contributed by atoms with Crippen LogP contribution in [0.15, 0.2) is 36.7 Å². The maximum Gasteiger partial charge on any atom is 0.293 e. The number of ether oxygens (including phenoxy) is 1. The van der Waals surface area contributed by atoms with Gasteiger partial charge in [-0.2, -0.15) is 0 Å². The monoisotopic (exact) mass is 260 g/mol. The zero-order valence-electron chi connectivity index (χ0n) is 10.0. The number of nitrogens with zero attached hydrogens (tertiary/aromatic N) is 1. The topological polar surface area (TPSA) is 85.2 Å². The quantitative estimate of drug-likeness (QED) is 0.374. The third-order valence-electron chi connectivity index (χ3n) is 2.78. The number of nitro groups is 1. The Hall–Kier alpha value is -2.63. The molecule has 0 saturated carbocycles. The number of carbonyl (C=O) groups excluding carboxylic acids is 1. The van der Waals surface area contributed by atoms with Gasteiger partial charge in [-0.15, -0.1) is 0 Å². The lowest BCUT2D eigenvalue weighted by atomic mass is 10.0. The lowest BCUT2D eigenvalue weighted by molar-refractivity contribution is -0.384. The van der Waals surface area contributed by atoms with Gasteiger partial charge >= 0.3 is 0 Å². The number of carbonyl (C=O) groups is 1. The highest BCUT2D eigenvalue weighted by Crippen LogP contribution is 2.32. The molecular weight excluding hydrogens is 248 g/mol. The molecular formula is C13H12N2O4. The molecule has 0 saturated heterocycles. The number of aromatic amines is 1. The van der Waals surface area contributed by atoms with Gasteiger partial charge in [0.05, 0.1) is 17.1 Å². The van der Waals surface area contributed by atoms with Gasteiger partial charge in [-0.05, 0) is 11.6 Å². The van der Waals surface area contributed by atoms with Crippen LogP contribution < -0.4 is 0 Å². The predicted octanol–water partition coefficient (Wildman–Crippen LogP) is 2.31. The van der Waals surface area contributed by atoms with Gasteiger partial charge in [0.2, 0.25) is 0 Å². The number of hydrogen-bond donors (Lipinski definition) is 1. The van der Waals surface area contributed by atoms with E-state index in [1.165, 1.54) is 6.07 Å². The summed E-state index contributed by atoms with van der Waals surface area (Å²) in [5.74, 6) is 0. The van der Waals surface area contributed by atoms with E-state index < -0.39 is 4.92 Å². The summed E-state index contributed by atoms with van der Waals surface area (Å²) in [5.41, 5.74) is 2.23. The van der Waals surface area contributed by atoms with Crippen molar-refractivity contribution in [3.05, 3.63) is 52.3 Å². The van der Waals surface area contributed by atoms with E-state index in [1.54, 1.807) is 30.6 Å². The summed E-state index contributed by atoms with van der Waals surface area (Å²) in [6, 6.07) is 6.55. The Morgan fingerprint density at radius 3 is 2.79 bits per heavy atom. The van der Waals surface area contributed by atoms with Crippen molar-refractivity contribution in [1.82, 2.24) is 4.98 Å². The van der Waals surface area contributed by atoms with Crippen LogP contribution in [-0.2, 0) is 16.0 Å². The van der Waals surface area contributed by atoms with Gasteiger partial charge in [0.15, 0.2) is 0 Å². The number of benzene rings is 1. The number of H-pyrrole nitrogens is 1. The second-order valence-corrected chi connectivity index (χ2v) is 3.89. The molecule has 1 N–H and O–H groups in total. The number of nitro benzene ring substituents is 1. The summed E-state index contributed by atoms with van der Waals surface area (Å²) in [6.45, 7) is 0.631. The molecule has 6 nitrogen and oxygen atoms in total. The van der Waals surface area contributed by atoms with Crippen LogP contribution >= 0.6 is 0 Å². The van der Waals surface area contributed by atoms with Gasteiger partial charge in [-0.1, -0.05) is 12.1 Å². The molecule has 1 aromatic heterocycles. The van der Waals surface area contributed by atoms with Gasteiger partial charge in [0.25, 0.3) is 12.2 Å². The van der Waals surface area contributed by atoms with Crippen LogP contribution in [0.2, 0.25) is 0 Å². The summed E-state index contributed by atoms with van der Waals surface area (Å²) >= 11 is 0. The molecule has 0 aliphatic carbocycles. The summed E-state index contributed by atoms with van der Waals surface area (Å²) in [7, 11) is 0. The molecule has 1 heterocycles. The Labute approximate surface area is 109 Å². The van der Waals surface area contributed by atoms with E-state index in [0.29, 0.717) is 18.5 Å². The summed E-state index contributed by atoms with van der Waals surface area (Å²) in [6.07, 6.45) is 3.96. The molecule has 0 amide bonds. The number of para-hydroxylation sites is 1. The second-order valence-electron chi connectivity index (χ2n) is 3.89. The first-order valence-electron chi connectivity index (χ1n) is 5.68. The van der Waals surface area contributed by atoms with Crippen molar-refractivity contribution < 1.29 is 14.5 Å². The average molecular weight is 260 g/mol. The third-order valence-corrected chi connectivity index (χ3v) is 2.78. The van der Waals surface area contributed by atoms with Crippen molar-refractivity contribution in [2.45, 2.75) is 6.42 Å². The molecule has 0 fully saturated rings. The van der Waals surface area contributed by atoms with Gasteiger partial charge < -0.3 is 9.72 Å². The van der Waals surface area contributed by atoms with Gasteiger partial charge in [0, 0.05) is 30.4 Å². The minimum Gasteiger partial charge on any atom is -0.468 e. The molecule has 0 spiro atoms. The minimum atomic E-state index is -0.409. The van der Waals surface area contributed by atoms with Crippen molar-refractivity contribution in [2.24, 2.45) is 0 Å². The molecule has 0 atom stereocenters. The van der Waals surface area contributed by atoms with Crippen LogP contribution in [0.25, 0.3) is 11.1 Å². The normalized spacial score (nSPS) is 10.1. The molecule has 98 valence electrons. The Kier molecular flexibility index (Phi) is 3.92. The first kappa shape index (κ1) is 12.8. The zero-order chi connectivity index (χ0) is 13.7. The summed E-state index contributed by atoms with van der Waals surface area (Å²) in [4.78, 5) is 23.6. The molecule has 2 aromatic rings. The molecule has 6 heteroatoms. The van der Waals surface area contributed by atoms with E-state index in [1.807, 2.05) is 0 Å². The molecule has 0 bridgehead atoms. The summed E-state index contributed by atoms with van der Waals surface area (Å²) < 4.78 is 4.65. The molecule has 0 aliphatic heterocycles. The molecule has 0 unspecified atom stereocenters. The van der Waals surface area contributed by atoms with Gasteiger partial charge in [0.1, 0.15) is 0 Å². The molecule has 2 rings (SSSR count). The van der Waals surface area contributed by atoms with Gasteiger partial charge in [-0.25, -0.2) is 0 Å². The van der Waals surface area contributed by atoms with Gasteiger partial charge in [-0.3, -0.25) is 14.9 Å². The van der Waals surface area contributed by atoms with Crippen molar-refractivity contribution in [3.63, 3.8) is 0 Å². The van der Waals surface area contributed by atoms with Crippen molar-refractivity contribution in [3.8, 4) is 11.1 Å². The number of nitrogens with one attached hydrogen (secondary N) is 1. The number of hydrogen-bond acceptors (Lipinski definition) is 4. The van der Waals surface area contributed by atoms with Crippen LogP contribution in [0.1, 0.15) is 5.56 Å². The van der Waals surface area contributed by atoms with Crippen LogP contribution in [0.4, 0.5) is 5.69 Å². The first-order chi connectivity index (χ1) is 9.24. The van der Waals surface area contributed by atoms with Crippen molar-refractivity contribution in [1.29, 1.82) is 0 Å². The minimum absolute atomic E-state index is 0.0552. The fourth-order valence-electron chi connectivity index (χ4n) is 1.93. The molecule has 19 heavy (non-hydrogen) atoms. The van der Waals surface area contributed by atoms with Crippen LogP contribution in [0.3, 0.4) is 0 Å². The fraction of sp³-hybridized carbons (Fsp3) is 0.154. The average Bonchev–Trinajstić information content (AvgIpc) is 2.87. The van der Waals surface area contributed by atoms with Crippen molar-refractivity contribution >= 4 is 12.2 Å². The highest BCUT2D eigenvalue weighted by molar-refractivity contribution is 5.75. The van der Waals surface area contributed by atoms with Crippen molar-refractivity contribution in [2.75, 3.05) is 6.61 Å². The lowest BCUT2D eigenvalue weighted by Gasteiger charge is -2.04. The fourth-order valence-corrected chi connectivity index (χ4v) is 1.93. The second kappa shape index (κ2) is 5.81. The van der Waals surface area contributed by atoms with E-state index in [2.05, 4.69) is 9.72 Å². The smallest absolute Gasteiger partial charge is 0.293 e. The Balaban J connectivity index is 2.34. The standard InChI is InChI=1S/C13H12N2O4/c16-9-19-6-5-10-7-14-8-12(10)11-3-1-2-4-13(11)15(17)18/h1-4,7-9,14H,5-6H2. The predicted molar refractivity (Wildman–Crippen MR) is 68.6 cm³/mol. The highest BCUT2D eigenvalue weighted by atomic mass is 16.6. The Morgan fingerprint density at radius 2 is 2.05 bits per heavy atom. The maximum absolute atomic E-state index is 11.0. The van der Waals surface area contributed by atoms with E-state index >= 15 is 0 Å². The van der Waals surface area contributed by atoms with E-state index in [-0.39, 0.29) is 12.3 Å². The third kappa shape index (κ3) is 2.79. The molecule has 1 aromatic carbocycles. The maximum atomic E-state index is 11.0. The van der Waals surface area contributed by atoms with Crippen LogP contribution in [0, 0.1) is 10.1 Å². The lowest BCUT2D eigenvalue weighted by Crippen LogP contribution is -1.98. The highest BCUT2D eigenvalue weighted by Gasteiger charge is 2.17. The van der Waals surface area contributed by atoms with Crippen LogP contribution in [-0.4, -0.2) is 23.0 Å². The molecule has 0 aliphatic rings. The Bertz CT molecular complexity index is 592. The zero-order valence-corrected chi connectivity index (χ0v) is 10.0. The first-order valence-corrected chi connectivity index (χ1v) is 5.68. The summed E-state index contributed by atoms with van der Waals surface area (Å²) in [5, 5.41) is 11.0. The van der Waals surface area contributed by atoms with Crippen LogP contribution in [0.5, 0.6) is 0 Å². The SMILES string of the molecule is O=COCCc1c[nH]cc1-c1ccccc1[N+](=O)[O-]. The molecule has 0 radical (unpaired) electrons.